The Morgan fingerprint density at radius 2 is 1.69 bits per heavy atom. The molecule has 0 spiro atoms. The van der Waals surface area contributed by atoms with Crippen molar-refractivity contribution in [3.63, 3.8) is 0 Å². The van der Waals surface area contributed by atoms with E-state index < -0.39 is 12.6 Å². The number of rotatable bonds is 3. The van der Waals surface area contributed by atoms with E-state index >= 15 is 0 Å². The third-order valence-electron chi connectivity index (χ3n) is 6.05. The van der Waals surface area contributed by atoms with E-state index in [-0.39, 0.29) is 6.42 Å². The summed E-state index contributed by atoms with van der Waals surface area (Å²) in [6.45, 7) is 6.01. The van der Waals surface area contributed by atoms with Crippen LogP contribution in [0.25, 0.3) is 44.1 Å². The fourth-order valence-corrected chi connectivity index (χ4v) is 4.26. The summed E-state index contributed by atoms with van der Waals surface area (Å²) in [5.41, 5.74) is 6.65. The van der Waals surface area contributed by atoms with Crippen LogP contribution in [-0.4, -0.2) is 16.1 Å². The monoisotopic (exact) mass is 434 g/mol. The molecule has 0 fully saturated rings. The van der Waals surface area contributed by atoms with Crippen LogP contribution in [0.15, 0.2) is 53.1 Å². The van der Waals surface area contributed by atoms with Crippen molar-refractivity contribution in [3.05, 3.63) is 71.0 Å². The molecule has 0 aliphatic rings. The Morgan fingerprint density at radius 1 is 0.906 bits per heavy atom. The van der Waals surface area contributed by atoms with Crippen LogP contribution in [0.2, 0.25) is 0 Å². The average Bonchev–Trinajstić information content (AvgIpc) is 3.09. The molecule has 3 nitrogen and oxygen atoms in total. The zero-order chi connectivity index (χ0) is 22.6. The molecule has 0 amide bonds. The number of halogens is 3. The molecule has 0 unspecified atom stereocenters. The number of aromatic nitrogens is 2. The van der Waals surface area contributed by atoms with Gasteiger partial charge in [0.25, 0.3) is 0 Å². The maximum Gasteiger partial charge on any atom is 0.389 e. The molecule has 0 radical (unpaired) electrons. The minimum atomic E-state index is -4.17. The lowest BCUT2D eigenvalue weighted by Gasteiger charge is -2.13. The first kappa shape index (κ1) is 20.5. The lowest BCUT2D eigenvalue weighted by Crippen LogP contribution is -2.08. The maximum absolute atomic E-state index is 12.7. The summed E-state index contributed by atoms with van der Waals surface area (Å²) in [7, 11) is 0. The summed E-state index contributed by atoms with van der Waals surface area (Å²) in [5, 5.41) is 3.66. The molecule has 2 aromatic carbocycles. The Hall–Kier alpha value is -3.41. The molecule has 0 saturated heterocycles. The van der Waals surface area contributed by atoms with Crippen molar-refractivity contribution in [1.29, 1.82) is 0 Å². The molecule has 5 aromatic rings. The lowest BCUT2D eigenvalue weighted by atomic mass is 9.93. The van der Waals surface area contributed by atoms with Gasteiger partial charge in [-0.3, -0.25) is 4.98 Å². The molecule has 3 heterocycles. The molecule has 5 rings (SSSR count). The number of benzene rings is 2. The molecule has 0 aliphatic carbocycles. The smallest absolute Gasteiger partial charge is 0.389 e. The zero-order valence-corrected chi connectivity index (χ0v) is 18.0. The second kappa shape index (κ2) is 7.33. The highest BCUT2D eigenvalue weighted by atomic mass is 19.4. The van der Waals surface area contributed by atoms with Gasteiger partial charge in [-0.15, -0.1) is 0 Å². The topological polar surface area (TPSA) is 38.9 Å². The van der Waals surface area contributed by atoms with Crippen LogP contribution >= 0.6 is 0 Å². The van der Waals surface area contributed by atoms with Gasteiger partial charge in [-0.05, 0) is 73.5 Å². The predicted molar refractivity (Wildman–Crippen MR) is 121 cm³/mol. The summed E-state index contributed by atoms with van der Waals surface area (Å²) in [6, 6.07) is 13.4. The van der Waals surface area contributed by atoms with Crippen LogP contribution in [0.3, 0.4) is 0 Å². The van der Waals surface area contributed by atoms with Gasteiger partial charge < -0.3 is 4.42 Å². The van der Waals surface area contributed by atoms with Crippen molar-refractivity contribution < 1.29 is 17.6 Å². The number of aryl methyl sites for hydroxylation is 3. The van der Waals surface area contributed by atoms with E-state index in [0.29, 0.717) is 11.3 Å². The standard InChI is InChI=1S/C26H21F3N2O/c1-14-12-21-20-6-4-15(2)31-25(20)32-24(21)22(16(14)3)23-19-7-5-17(8-10-26(27,28)29)13-18(19)9-11-30-23/h4-7,9,11-13H,8,10H2,1-3H3. The second-order valence-corrected chi connectivity index (χ2v) is 8.31. The van der Waals surface area contributed by atoms with Gasteiger partial charge in [0.15, 0.2) is 0 Å². The highest BCUT2D eigenvalue weighted by Gasteiger charge is 2.26. The number of pyridine rings is 2. The second-order valence-electron chi connectivity index (χ2n) is 8.31. The van der Waals surface area contributed by atoms with Crippen molar-refractivity contribution in [2.75, 3.05) is 0 Å². The summed E-state index contributed by atoms with van der Waals surface area (Å²) in [6.07, 6.45) is -3.35. The minimum absolute atomic E-state index is 0.0423. The SMILES string of the molecule is Cc1ccc2c(n1)oc1c(-c3nccc4cc(CCC(F)(F)F)ccc34)c(C)c(C)cc12. The molecule has 3 aromatic heterocycles. The first-order valence-corrected chi connectivity index (χ1v) is 10.5. The van der Waals surface area contributed by atoms with Crippen molar-refractivity contribution >= 4 is 32.8 Å². The molecule has 32 heavy (non-hydrogen) atoms. The molecule has 0 N–H and O–H groups in total. The number of hydrogen-bond acceptors (Lipinski definition) is 3. The van der Waals surface area contributed by atoms with Crippen LogP contribution in [-0.2, 0) is 6.42 Å². The van der Waals surface area contributed by atoms with Crippen molar-refractivity contribution in [2.45, 2.75) is 39.8 Å². The van der Waals surface area contributed by atoms with E-state index in [2.05, 4.69) is 23.0 Å². The Bertz CT molecular complexity index is 1500. The fourth-order valence-electron chi connectivity index (χ4n) is 4.26. The van der Waals surface area contributed by atoms with Gasteiger partial charge in [0.2, 0.25) is 5.71 Å². The Morgan fingerprint density at radius 3 is 2.47 bits per heavy atom. The van der Waals surface area contributed by atoms with Crippen LogP contribution < -0.4 is 0 Å². The Balaban J connectivity index is 1.73. The van der Waals surface area contributed by atoms with Gasteiger partial charge in [-0.2, -0.15) is 13.2 Å². The van der Waals surface area contributed by atoms with Gasteiger partial charge in [0.1, 0.15) is 5.58 Å². The minimum Gasteiger partial charge on any atom is -0.437 e. The fraction of sp³-hybridized carbons (Fsp3) is 0.231. The van der Waals surface area contributed by atoms with Crippen LogP contribution in [0, 0.1) is 20.8 Å². The quantitative estimate of drug-likeness (QED) is 0.293. The van der Waals surface area contributed by atoms with Crippen LogP contribution in [0.4, 0.5) is 13.2 Å². The van der Waals surface area contributed by atoms with Crippen LogP contribution in [0.5, 0.6) is 0 Å². The van der Waals surface area contributed by atoms with E-state index in [0.717, 1.165) is 55.2 Å². The third kappa shape index (κ3) is 3.49. The number of nitrogens with zero attached hydrogens (tertiary/aromatic N) is 2. The largest absolute Gasteiger partial charge is 0.437 e. The van der Waals surface area contributed by atoms with Gasteiger partial charge >= 0.3 is 6.18 Å². The molecule has 162 valence electrons. The summed E-state index contributed by atoms with van der Waals surface area (Å²) >= 11 is 0. The van der Waals surface area contributed by atoms with Gasteiger partial charge in [0.05, 0.1) is 5.69 Å². The zero-order valence-electron chi connectivity index (χ0n) is 18.0. The third-order valence-corrected chi connectivity index (χ3v) is 6.05. The number of alkyl halides is 3. The van der Waals surface area contributed by atoms with E-state index in [4.69, 9.17) is 4.42 Å². The lowest BCUT2D eigenvalue weighted by molar-refractivity contribution is -0.133. The molecule has 0 saturated carbocycles. The molecular weight excluding hydrogens is 413 g/mol. The molecule has 6 heteroatoms. The maximum atomic E-state index is 12.7. The number of hydrogen-bond donors (Lipinski definition) is 0. The van der Waals surface area contributed by atoms with Crippen molar-refractivity contribution in [2.24, 2.45) is 0 Å². The van der Waals surface area contributed by atoms with E-state index in [1.807, 2.05) is 44.2 Å². The van der Waals surface area contributed by atoms with Crippen LogP contribution in [0.1, 0.15) is 28.8 Å². The van der Waals surface area contributed by atoms with Gasteiger partial charge in [-0.25, -0.2) is 4.98 Å². The predicted octanol–water partition coefficient (Wildman–Crippen LogP) is 7.62. The van der Waals surface area contributed by atoms with Gasteiger partial charge in [-0.1, -0.05) is 18.2 Å². The Labute approximate surface area is 182 Å². The van der Waals surface area contributed by atoms with E-state index in [9.17, 15) is 13.2 Å². The van der Waals surface area contributed by atoms with Crippen molar-refractivity contribution in [1.82, 2.24) is 9.97 Å². The molecule has 0 aliphatic heterocycles. The van der Waals surface area contributed by atoms with E-state index in [1.54, 1.807) is 12.3 Å². The Kier molecular flexibility index (Phi) is 4.69. The summed E-state index contributed by atoms with van der Waals surface area (Å²) < 4.78 is 44.2. The molecule has 0 bridgehead atoms. The number of furan rings is 1. The van der Waals surface area contributed by atoms with E-state index in [1.165, 1.54) is 0 Å². The number of fused-ring (bicyclic) bond motifs is 4. The highest BCUT2D eigenvalue weighted by molar-refractivity contribution is 6.12. The first-order valence-electron chi connectivity index (χ1n) is 10.5. The molecule has 0 atom stereocenters. The molecular formula is C26H21F3N2O. The van der Waals surface area contributed by atoms with Crippen molar-refractivity contribution in [3.8, 4) is 11.3 Å². The normalized spacial score (nSPS) is 12.3. The highest BCUT2D eigenvalue weighted by Crippen LogP contribution is 2.40. The van der Waals surface area contributed by atoms with Gasteiger partial charge in [0, 0.05) is 40.0 Å². The summed E-state index contributed by atoms with van der Waals surface area (Å²) in [5.74, 6) is 0. The first-order chi connectivity index (χ1) is 15.2. The summed E-state index contributed by atoms with van der Waals surface area (Å²) in [4.78, 5) is 9.21. The average molecular weight is 434 g/mol.